The Morgan fingerprint density at radius 1 is 1.11 bits per heavy atom. The van der Waals surface area contributed by atoms with E-state index in [1.807, 2.05) is 13.8 Å². The van der Waals surface area contributed by atoms with Crippen molar-refractivity contribution < 1.29 is 4.79 Å². The predicted molar refractivity (Wildman–Crippen MR) is 77.1 cm³/mol. The molecule has 0 aliphatic rings. The Hall–Kier alpha value is -1.35. The highest BCUT2D eigenvalue weighted by molar-refractivity contribution is 5.92. The summed E-state index contributed by atoms with van der Waals surface area (Å²) in [7, 11) is 0. The molecule has 0 unspecified atom stereocenters. The third kappa shape index (κ3) is 4.49. The van der Waals surface area contributed by atoms with Crippen LogP contribution in [0, 0.1) is 20.8 Å². The smallest absolute Gasteiger partial charge is 0.225 e. The Bertz CT molecular complexity index is 390. The highest BCUT2D eigenvalue weighted by atomic mass is 16.1. The number of amides is 1. The molecule has 0 bridgehead atoms. The molecule has 0 heterocycles. The highest BCUT2D eigenvalue weighted by Gasteiger charge is 2.07. The molecular formula is C15H24N2O. The molecule has 1 aromatic carbocycles. The third-order valence-electron chi connectivity index (χ3n) is 2.90. The van der Waals surface area contributed by atoms with Crippen LogP contribution < -0.4 is 10.6 Å². The summed E-state index contributed by atoms with van der Waals surface area (Å²) >= 11 is 0. The van der Waals surface area contributed by atoms with Crippen molar-refractivity contribution in [3.05, 3.63) is 28.8 Å². The molecule has 3 heteroatoms. The minimum absolute atomic E-state index is 0.0775. The van der Waals surface area contributed by atoms with E-state index < -0.39 is 0 Å². The van der Waals surface area contributed by atoms with Crippen LogP contribution in [0.3, 0.4) is 0 Å². The Kier molecular flexibility index (Phi) is 5.86. The largest absolute Gasteiger partial charge is 0.326 e. The monoisotopic (exact) mass is 248 g/mol. The number of nitrogens with one attached hydrogen (secondary N) is 2. The first-order valence-corrected chi connectivity index (χ1v) is 6.63. The van der Waals surface area contributed by atoms with Crippen molar-refractivity contribution >= 4 is 11.6 Å². The highest BCUT2D eigenvalue weighted by Crippen LogP contribution is 2.21. The molecule has 18 heavy (non-hydrogen) atoms. The molecule has 2 N–H and O–H groups in total. The van der Waals surface area contributed by atoms with Gasteiger partial charge in [-0.15, -0.1) is 0 Å². The van der Waals surface area contributed by atoms with E-state index in [4.69, 9.17) is 0 Å². The van der Waals surface area contributed by atoms with E-state index in [-0.39, 0.29) is 5.91 Å². The predicted octanol–water partition coefficient (Wildman–Crippen LogP) is 2.94. The lowest BCUT2D eigenvalue weighted by Crippen LogP contribution is -2.22. The number of hydrogen-bond donors (Lipinski definition) is 2. The number of rotatable bonds is 6. The van der Waals surface area contributed by atoms with Gasteiger partial charge in [0.1, 0.15) is 0 Å². The van der Waals surface area contributed by atoms with Crippen LogP contribution >= 0.6 is 0 Å². The topological polar surface area (TPSA) is 41.1 Å². The second-order valence-corrected chi connectivity index (χ2v) is 4.82. The van der Waals surface area contributed by atoms with Crippen molar-refractivity contribution in [3.8, 4) is 0 Å². The average Bonchev–Trinajstić information content (AvgIpc) is 2.29. The molecule has 0 aromatic heterocycles. The molecule has 1 aromatic rings. The summed E-state index contributed by atoms with van der Waals surface area (Å²) in [4.78, 5) is 11.8. The molecule has 0 aliphatic carbocycles. The quantitative estimate of drug-likeness (QED) is 0.760. The Morgan fingerprint density at radius 2 is 1.72 bits per heavy atom. The van der Waals surface area contributed by atoms with Gasteiger partial charge in [0.2, 0.25) is 5.91 Å². The molecule has 3 nitrogen and oxygen atoms in total. The zero-order valence-corrected chi connectivity index (χ0v) is 11.9. The summed E-state index contributed by atoms with van der Waals surface area (Å²) in [5.41, 5.74) is 4.44. The number of aryl methyl sites for hydroxylation is 3. The molecule has 0 fully saturated rings. The van der Waals surface area contributed by atoms with Crippen molar-refractivity contribution in [3.63, 3.8) is 0 Å². The minimum atomic E-state index is 0.0775. The number of anilines is 1. The summed E-state index contributed by atoms with van der Waals surface area (Å²) in [5.74, 6) is 0.0775. The Labute approximate surface area is 110 Å². The van der Waals surface area contributed by atoms with Crippen molar-refractivity contribution in [1.29, 1.82) is 0 Å². The van der Waals surface area contributed by atoms with Gasteiger partial charge in [-0.25, -0.2) is 0 Å². The van der Waals surface area contributed by atoms with Crippen LogP contribution in [-0.4, -0.2) is 19.0 Å². The number of carbonyl (C=O) groups is 1. The standard InChI is InChI=1S/C15H24N2O/c1-5-7-16-8-6-14(18)17-15-12(3)9-11(2)10-13(15)4/h9-10,16H,5-8H2,1-4H3,(H,17,18). The van der Waals surface area contributed by atoms with Crippen LogP contribution in [-0.2, 0) is 4.79 Å². The number of carbonyl (C=O) groups excluding carboxylic acids is 1. The van der Waals surface area contributed by atoms with Gasteiger partial charge >= 0.3 is 0 Å². The van der Waals surface area contributed by atoms with E-state index in [1.165, 1.54) is 5.56 Å². The Morgan fingerprint density at radius 3 is 2.28 bits per heavy atom. The van der Waals surface area contributed by atoms with Gasteiger partial charge in [-0.1, -0.05) is 24.6 Å². The molecule has 100 valence electrons. The van der Waals surface area contributed by atoms with Crippen LogP contribution in [0.1, 0.15) is 36.5 Å². The minimum Gasteiger partial charge on any atom is -0.326 e. The van der Waals surface area contributed by atoms with Crippen molar-refractivity contribution in [1.82, 2.24) is 5.32 Å². The lowest BCUT2D eigenvalue weighted by Gasteiger charge is -2.13. The van der Waals surface area contributed by atoms with Crippen molar-refractivity contribution in [2.24, 2.45) is 0 Å². The summed E-state index contributed by atoms with van der Waals surface area (Å²) in [5, 5.41) is 6.23. The first-order valence-electron chi connectivity index (χ1n) is 6.63. The average molecular weight is 248 g/mol. The number of benzene rings is 1. The molecule has 0 radical (unpaired) electrons. The maximum absolute atomic E-state index is 11.8. The molecule has 0 saturated heterocycles. The molecule has 0 aliphatic heterocycles. The maximum Gasteiger partial charge on any atom is 0.225 e. The summed E-state index contributed by atoms with van der Waals surface area (Å²) in [6, 6.07) is 4.19. The van der Waals surface area contributed by atoms with Crippen molar-refractivity contribution in [2.75, 3.05) is 18.4 Å². The van der Waals surface area contributed by atoms with E-state index in [2.05, 4.69) is 36.6 Å². The van der Waals surface area contributed by atoms with Crippen LogP contribution in [0.4, 0.5) is 5.69 Å². The zero-order chi connectivity index (χ0) is 13.5. The SMILES string of the molecule is CCCNCCC(=O)Nc1c(C)cc(C)cc1C. The molecule has 0 atom stereocenters. The van der Waals surface area contributed by atoms with E-state index in [0.29, 0.717) is 6.42 Å². The van der Waals surface area contributed by atoms with Gasteiger partial charge in [0.15, 0.2) is 0 Å². The maximum atomic E-state index is 11.8. The van der Waals surface area contributed by atoms with Crippen LogP contribution in [0.5, 0.6) is 0 Å². The van der Waals surface area contributed by atoms with E-state index in [9.17, 15) is 4.79 Å². The fourth-order valence-corrected chi connectivity index (χ4v) is 2.08. The second-order valence-electron chi connectivity index (χ2n) is 4.82. The van der Waals surface area contributed by atoms with E-state index in [1.54, 1.807) is 0 Å². The lowest BCUT2D eigenvalue weighted by molar-refractivity contribution is -0.116. The second kappa shape index (κ2) is 7.17. The Balaban J connectivity index is 2.54. The van der Waals surface area contributed by atoms with Crippen molar-refractivity contribution in [2.45, 2.75) is 40.5 Å². The van der Waals surface area contributed by atoms with Gasteiger partial charge < -0.3 is 10.6 Å². The van der Waals surface area contributed by atoms with E-state index in [0.717, 1.165) is 36.3 Å². The van der Waals surface area contributed by atoms with Gasteiger partial charge in [-0.05, 0) is 44.9 Å². The van der Waals surface area contributed by atoms with Gasteiger partial charge in [0, 0.05) is 18.7 Å². The first kappa shape index (κ1) is 14.7. The lowest BCUT2D eigenvalue weighted by atomic mass is 10.1. The van der Waals surface area contributed by atoms with Gasteiger partial charge in [0.05, 0.1) is 0 Å². The molecule has 1 amide bonds. The number of hydrogen-bond acceptors (Lipinski definition) is 2. The van der Waals surface area contributed by atoms with Crippen LogP contribution in [0.15, 0.2) is 12.1 Å². The fraction of sp³-hybridized carbons (Fsp3) is 0.533. The van der Waals surface area contributed by atoms with Gasteiger partial charge in [0.25, 0.3) is 0 Å². The molecular weight excluding hydrogens is 224 g/mol. The van der Waals surface area contributed by atoms with Gasteiger partial charge in [-0.2, -0.15) is 0 Å². The summed E-state index contributed by atoms with van der Waals surface area (Å²) in [6.07, 6.45) is 1.62. The molecule has 0 spiro atoms. The summed E-state index contributed by atoms with van der Waals surface area (Å²) in [6.45, 7) is 9.96. The van der Waals surface area contributed by atoms with Gasteiger partial charge in [-0.3, -0.25) is 4.79 Å². The third-order valence-corrected chi connectivity index (χ3v) is 2.90. The first-order chi connectivity index (χ1) is 8.54. The summed E-state index contributed by atoms with van der Waals surface area (Å²) < 4.78 is 0. The zero-order valence-electron chi connectivity index (χ0n) is 11.9. The van der Waals surface area contributed by atoms with Crippen LogP contribution in [0.25, 0.3) is 0 Å². The molecule has 0 saturated carbocycles. The van der Waals surface area contributed by atoms with E-state index >= 15 is 0 Å². The normalized spacial score (nSPS) is 10.4. The van der Waals surface area contributed by atoms with Crippen LogP contribution in [0.2, 0.25) is 0 Å². The fourth-order valence-electron chi connectivity index (χ4n) is 2.08. The molecule has 1 rings (SSSR count).